The predicted molar refractivity (Wildman–Crippen MR) is 105 cm³/mol. The summed E-state index contributed by atoms with van der Waals surface area (Å²) in [6, 6.07) is 13.8. The number of aliphatic hydroxyl groups is 2. The Labute approximate surface area is 167 Å². The minimum atomic E-state index is -0.892. The molecule has 0 saturated carbocycles. The summed E-state index contributed by atoms with van der Waals surface area (Å²) in [6.07, 6.45) is -0.873. The number of hydrogen-bond acceptors (Lipinski definition) is 6. The van der Waals surface area contributed by atoms with Crippen LogP contribution >= 0.6 is 0 Å². The van der Waals surface area contributed by atoms with Crippen LogP contribution in [0.5, 0.6) is 0 Å². The molecule has 2 N–H and O–H groups in total. The smallest absolute Gasteiger partial charge is 0.337 e. The van der Waals surface area contributed by atoms with E-state index in [1.54, 1.807) is 42.5 Å². The van der Waals surface area contributed by atoms with Crippen LogP contribution in [0.3, 0.4) is 0 Å². The monoisotopic (exact) mass is 395 g/mol. The molecule has 1 fully saturated rings. The van der Waals surface area contributed by atoms with E-state index in [9.17, 15) is 24.6 Å². The Balaban J connectivity index is 2.14. The van der Waals surface area contributed by atoms with E-state index in [2.05, 4.69) is 4.74 Å². The van der Waals surface area contributed by atoms with Crippen LogP contribution in [0.25, 0.3) is 5.76 Å². The number of ketones is 1. The molecule has 1 aliphatic heterocycles. The molecular weight excluding hydrogens is 374 g/mol. The van der Waals surface area contributed by atoms with Crippen molar-refractivity contribution in [1.82, 2.24) is 4.90 Å². The third-order valence-corrected chi connectivity index (χ3v) is 4.70. The molecule has 0 spiro atoms. The number of carbonyl (C=O) groups excluding carboxylic acids is 3. The van der Waals surface area contributed by atoms with E-state index < -0.39 is 29.8 Å². The number of benzene rings is 2. The lowest BCUT2D eigenvalue weighted by molar-refractivity contribution is -0.140. The summed E-state index contributed by atoms with van der Waals surface area (Å²) in [4.78, 5) is 38.3. The molecule has 2 atom stereocenters. The lowest BCUT2D eigenvalue weighted by Gasteiger charge is -2.26. The van der Waals surface area contributed by atoms with Gasteiger partial charge in [-0.25, -0.2) is 4.79 Å². The second kappa shape index (κ2) is 8.28. The zero-order valence-corrected chi connectivity index (χ0v) is 16.0. The molecular formula is C22H21NO6. The van der Waals surface area contributed by atoms with Gasteiger partial charge in [0.15, 0.2) is 0 Å². The highest BCUT2D eigenvalue weighted by atomic mass is 16.5. The van der Waals surface area contributed by atoms with E-state index in [-0.39, 0.29) is 17.9 Å². The fraction of sp³-hybridized carbons (Fsp3) is 0.227. The first-order chi connectivity index (χ1) is 13.8. The fourth-order valence-corrected chi connectivity index (χ4v) is 3.37. The van der Waals surface area contributed by atoms with Crippen molar-refractivity contribution in [3.8, 4) is 0 Å². The SMILES string of the molecule is COC(=O)c1ccc([C@@H]2C(=C(O)c3ccccc3)C(=O)C(=O)N2C[C@H](C)O)cc1. The van der Waals surface area contributed by atoms with Gasteiger partial charge in [0, 0.05) is 12.1 Å². The van der Waals surface area contributed by atoms with E-state index in [4.69, 9.17) is 0 Å². The van der Waals surface area contributed by atoms with E-state index >= 15 is 0 Å². The number of esters is 1. The Morgan fingerprint density at radius 2 is 1.69 bits per heavy atom. The summed E-state index contributed by atoms with van der Waals surface area (Å²) in [6.45, 7) is 1.42. The van der Waals surface area contributed by atoms with Crippen LogP contribution in [0, 0.1) is 0 Å². The maximum atomic E-state index is 12.8. The number of amides is 1. The van der Waals surface area contributed by atoms with Crippen molar-refractivity contribution >= 4 is 23.4 Å². The van der Waals surface area contributed by atoms with Crippen LogP contribution < -0.4 is 0 Å². The first-order valence-corrected chi connectivity index (χ1v) is 9.05. The average molecular weight is 395 g/mol. The van der Waals surface area contributed by atoms with Crippen LogP contribution in [0.15, 0.2) is 60.2 Å². The summed E-state index contributed by atoms with van der Waals surface area (Å²) in [5, 5.41) is 20.6. The van der Waals surface area contributed by atoms with Crippen LogP contribution in [-0.2, 0) is 14.3 Å². The van der Waals surface area contributed by atoms with Gasteiger partial charge in [-0.2, -0.15) is 0 Å². The molecule has 2 aromatic rings. The lowest BCUT2D eigenvalue weighted by Crippen LogP contribution is -2.35. The quantitative estimate of drug-likeness (QED) is 0.348. The number of aliphatic hydroxyl groups excluding tert-OH is 2. The highest BCUT2D eigenvalue weighted by Crippen LogP contribution is 2.39. The van der Waals surface area contributed by atoms with Crippen molar-refractivity contribution < 1.29 is 29.3 Å². The van der Waals surface area contributed by atoms with Crippen molar-refractivity contribution in [2.24, 2.45) is 0 Å². The van der Waals surface area contributed by atoms with E-state index in [1.165, 1.54) is 31.1 Å². The molecule has 7 nitrogen and oxygen atoms in total. The molecule has 1 saturated heterocycles. The van der Waals surface area contributed by atoms with Gasteiger partial charge in [0.2, 0.25) is 0 Å². The minimum absolute atomic E-state index is 0.0623. The van der Waals surface area contributed by atoms with Gasteiger partial charge in [-0.15, -0.1) is 0 Å². The lowest BCUT2D eigenvalue weighted by atomic mass is 9.94. The zero-order valence-electron chi connectivity index (χ0n) is 16.0. The van der Waals surface area contributed by atoms with Gasteiger partial charge in [-0.3, -0.25) is 9.59 Å². The molecule has 0 aliphatic carbocycles. The molecule has 150 valence electrons. The van der Waals surface area contributed by atoms with Crippen molar-refractivity contribution in [2.75, 3.05) is 13.7 Å². The molecule has 1 heterocycles. The van der Waals surface area contributed by atoms with Gasteiger partial charge in [0.05, 0.1) is 30.4 Å². The number of carbonyl (C=O) groups is 3. The fourth-order valence-electron chi connectivity index (χ4n) is 3.37. The first-order valence-electron chi connectivity index (χ1n) is 9.05. The molecule has 29 heavy (non-hydrogen) atoms. The van der Waals surface area contributed by atoms with Gasteiger partial charge in [-0.1, -0.05) is 42.5 Å². The zero-order chi connectivity index (χ0) is 21.1. The molecule has 0 bridgehead atoms. The number of Topliss-reactive ketones (excluding diaryl/α,β-unsaturated/α-hetero) is 1. The Morgan fingerprint density at radius 1 is 1.07 bits per heavy atom. The second-order valence-corrected chi connectivity index (χ2v) is 6.78. The van der Waals surface area contributed by atoms with Crippen LogP contribution in [-0.4, -0.2) is 52.5 Å². The summed E-state index contributed by atoms with van der Waals surface area (Å²) in [5.41, 5.74) is 1.17. The number of hydrogen-bond donors (Lipinski definition) is 2. The van der Waals surface area contributed by atoms with E-state index in [1.807, 2.05) is 0 Å². The molecule has 0 radical (unpaired) electrons. The predicted octanol–water partition coefficient (Wildman–Crippen LogP) is 2.28. The summed E-state index contributed by atoms with van der Waals surface area (Å²) in [5.74, 6) is -2.43. The second-order valence-electron chi connectivity index (χ2n) is 6.78. The van der Waals surface area contributed by atoms with Crippen molar-refractivity contribution in [1.29, 1.82) is 0 Å². The topological polar surface area (TPSA) is 104 Å². The maximum Gasteiger partial charge on any atom is 0.337 e. The summed E-state index contributed by atoms with van der Waals surface area (Å²) >= 11 is 0. The normalized spacial score (nSPS) is 19.3. The molecule has 0 aromatic heterocycles. The van der Waals surface area contributed by atoms with Gasteiger partial charge in [0.1, 0.15) is 5.76 Å². The summed E-state index contributed by atoms with van der Waals surface area (Å²) < 4.78 is 4.69. The van der Waals surface area contributed by atoms with Crippen molar-refractivity contribution in [2.45, 2.75) is 19.1 Å². The molecule has 0 unspecified atom stereocenters. The first kappa shape index (κ1) is 20.3. The van der Waals surface area contributed by atoms with E-state index in [0.717, 1.165) is 0 Å². The number of ether oxygens (including phenoxy) is 1. The highest BCUT2D eigenvalue weighted by molar-refractivity contribution is 6.46. The average Bonchev–Trinajstić information content (AvgIpc) is 2.98. The van der Waals surface area contributed by atoms with Crippen LogP contribution in [0.2, 0.25) is 0 Å². The van der Waals surface area contributed by atoms with Gasteiger partial charge in [-0.05, 0) is 24.6 Å². The molecule has 7 heteroatoms. The Morgan fingerprint density at radius 3 is 2.24 bits per heavy atom. The largest absolute Gasteiger partial charge is 0.507 e. The van der Waals surface area contributed by atoms with Crippen molar-refractivity contribution in [3.63, 3.8) is 0 Å². The number of methoxy groups -OCH3 is 1. The third-order valence-electron chi connectivity index (χ3n) is 4.70. The Hall–Kier alpha value is -3.45. The number of rotatable bonds is 5. The molecule has 3 rings (SSSR count). The summed E-state index contributed by atoms with van der Waals surface area (Å²) in [7, 11) is 1.27. The highest BCUT2D eigenvalue weighted by Gasteiger charge is 2.46. The molecule has 1 aliphatic rings. The Bertz CT molecular complexity index is 963. The number of β-amino-alcohol motifs (C(OH)–C–C–N with tert-alkyl or cyclic N) is 1. The van der Waals surface area contributed by atoms with Gasteiger partial charge in [0.25, 0.3) is 11.7 Å². The van der Waals surface area contributed by atoms with E-state index in [0.29, 0.717) is 16.7 Å². The van der Waals surface area contributed by atoms with Gasteiger partial charge < -0.3 is 19.8 Å². The number of nitrogens with zero attached hydrogens (tertiary/aromatic N) is 1. The minimum Gasteiger partial charge on any atom is -0.507 e. The van der Waals surface area contributed by atoms with Crippen LogP contribution in [0.4, 0.5) is 0 Å². The maximum absolute atomic E-state index is 12.8. The Kier molecular flexibility index (Phi) is 5.79. The molecule has 1 amide bonds. The van der Waals surface area contributed by atoms with Crippen molar-refractivity contribution in [3.05, 3.63) is 76.9 Å². The molecule has 2 aromatic carbocycles. The third kappa shape index (κ3) is 3.90. The standard InChI is InChI=1S/C22H21NO6/c1-13(24)12-23-18(14-8-10-16(11-9-14)22(28)29-2)17(20(26)21(23)27)19(25)15-6-4-3-5-7-15/h3-11,13,18,24-25H,12H2,1-2H3/t13-,18+/m0/s1. The van der Waals surface area contributed by atoms with Gasteiger partial charge >= 0.3 is 5.97 Å². The number of likely N-dealkylation sites (tertiary alicyclic amines) is 1. The van der Waals surface area contributed by atoms with Crippen LogP contribution in [0.1, 0.15) is 34.5 Å².